The van der Waals surface area contributed by atoms with Crippen molar-refractivity contribution in [2.75, 3.05) is 17.8 Å². The van der Waals surface area contributed by atoms with Gasteiger partial charge in [-0.2, -0.15) is 0 Å². The molecule has 8 heteroatoms. The van der Waals surface area contributed by atoms with Gasteiger partial charge in [-0.05, 0) is 68.5 Å². The Morgan fingerprint density at radius 1 is 1.07 bits per heavy atom. The second kappa shape index (κ2) is 7.51. The SMILES string of the molecule is Cc1ccc(C)c(NS(=O)(=O)c2ccc3onc(C(=O)N4CCCCC4)c3c2)c1. The fourth-order valence-electron chi connectivity index (χ4n) is 3.54. The Kier molecular flexibility index (Phi) is 5.04. The van der Waals surface area contributed by atoms with Crippen molar-refractivity contribution in [2.45, 2.75) is 38.0 Å². The molecular weight excluding hydrogens is 390 g/mol. The zero-order valence-corrected chi connectivity index (χ0v) is 17.3. The van der Waals surface area contributed by atoms with Gasteiger partial charge < -0.3 is 9.42 Å². The number of anilines is 1. The number of piperidine rings is 1. The normalized spacial score (nSPS) is 14.9. The molecule has 2 aromatic carbocycles. The number of hydrogen-bond acceptors (Lipinski definition) is 5. The molecular formula is C21H23N3O4S. The average molecular weight is 413 g/mol. The summed E-state index contributed by atoms with van der Waals surface area (Å²) in [5.41, 5.74) is 2.85. The highest BCUT2D eigenvalue weighted by Gasteiger charge is 2.25. The number of rotatable bonds is 4. The maximum Gasteiger partial charge on any atom is 0.276 e. The van der Waals surface area contributed by atoms with E-state index in [9.17, 15) is 13.2 Å². The lowest BCUT2D eigenvalue weighted by Gasteiger charge is -2.25. The standard InChI is InChI=1S/C21H23N3O4S/c1-14-6-7-15(2)18(12-14)23-29(26,27)16-8-9-19-17(13-16)20(22-28-19)21(25)24-10-4-3-5-11-24/h6-9,12-13,23H,3-5,10-11H2,1-2H3. The van der Waals surface area contributed by atoms with Gasteiger partial charge in [0.15, 0.2) is 11.3 Å². The van der Waals surface area contributed by atoms with Crippen molar-refractivity contribution in [1.82, 2.24) is 10.1 Å². The average Bonchev–Trinajstić information content (AvgIpc) is 3.14. The molecule has 0 saturated carbocycles. The van der Waals surface area contributed by atoms with E-state index in [1.165, 1.54) is 18.2 Å². The molecule has 0 radical (unpaired) electrons. The van der Waals surface area contributed by atoms with Crippen LogP contribution >= 0.6 is 0 Å². The Labute approximate surface area is 169 Å². The summed E-state index contributed by atoms with van der Waals surface area (Å²) in [6.45, 7) is 5.10. The molecule has 0 bridgehead atoms. The number of fused-ring (bicyclic) bond motifs is 1. The molecule has 0 unspecified atom stereocenters. The fraction of sp³-hybridized carbons (Fsp3) is 0.333. The molecule has 0 aliphatic carbocycles. The number of nitrogens with one attached hydrogen (secondary N) is 1. The van der Waals surface area contributed by atoms with Gasteiger partial charge in [0.25, 0.3) is 15.9 Å². The van der Waals surface area contributed by atoms with E-state index in [4.69, 9.17) is 4.52 Å². The molecule has 0 atom stereocenters. The molecule has 0 spiro atoms. The molecule has 1 aliphatic rings. The number of amides is 1. The second-order valence-corrected chi connectivity index (χ2v) is 9.15. The minimum atomic E-state index is -3.83. The topological polar surface area (TPSA) is 92.5 Å². The van der Waals surface area contributed by atoms with E-state index in [2.05, 4.69) is 9.88 Å². The van der Waals surface area contributed by atoms with Crippen LogP contribution in [-0.2, 0) is 10.0 Å². The first-order valence-corrected chi connectivity index (χ1v) is 11.1. The second-order valence-electron chi connectivity index (χ2n) is 7.47. The predicted molar refractivity (Wildman–Crippen MR) is 110 cm³/mol. The summed E-state index contributed by atoms with van der Waals surface area (Å²) in [7, 11) is -3.83. The lowest BCUT2D eigenvalue weighted by atomic mass is 10.1. The summed E-state index contributed by atoms with van der Waals surface area (Å²) < 4.78 is 33.8. The van der Waals surface area contributed by atoms with Crippen LogP contribution in [0.2, 0.25) is 0 Å². The molecule has 1 aromatic heterocycles. The van der Waals surface area contributed by atoms with Gasteiger partial charge in [-0.1, -0.05) is 17.3 Å². The number of aryl methyl sites for hydroxylation is 2. The summed E-state index contributed by atoms with van der Waals surface area (Å²) in [5.74, 6) is -0.222. The van der Waals surface area contributed by atoms with Crippen LogP contribution in [0.1, 0.15) is 40.9 Å². The number of carbonyl (C=O) groups excluding carboxylic acids is 1. The quantitative estimate of drug-likeness (QED) is 0.701. The number of hydrogen-bond donors (Lipinski definition) is 1. The van der Waals surface area contributed by atoms with Gasteiger partial charge in [0, 0.05) is 13.1 Å². The lowest BCUT2D eigenvalue weighted by Crippen LogP contribution is -2.35. The van der Waals surface area contributed by atoms with Crippen molar-refractivity contribution in [1.29, 1.82) is 0 Å². The minimum Gasteiger partial charge on any atom is -0.355 e. The number of carbonyl (C=O) groups is 1. The molecule has 1 fully saturated rings. The summed E-state index contributed by atoms with van der Waals surface area (Å²) in [4.78, 5) is 14.7. The number of nitrogens with zero attached hydrogens (tertiary/aromatic N) is 2. The molecule has 1 N–H and O–H groups in total. The lowest BCUT2D eigenvalue weighted by molar-refractivity contribution is 0.0716. The highest BCUT2D eigenvalue weighted by Crippen LogP contribution is 2.27. The number of likely N-dealkylation sites (tertiary alicyclic amines) is 1. The van der Waals surface area contributed by atoms with Gasteiger partial charge in [0.1, 0.15) is 0 Å². The van der Waals surface area contributed by atoms with Crippen LogP contribution in [0.25, 0.3) is 11.0 Å². The van der Waals surface area contributed by atoms with Crippen molar-refractivity contribution in [2.24, 2.45) is 0 Å². The van der Waals surface area contributed by atoms with Gasteiger partial charge in [-0.25, -0.2) is 8.42 Å². The van der Waals surface area contributed by atoms with Crippen LogP contribution in [0.4, 0.5) is 5.69 Å². The third kappa shape index (κ3) is 3.85. The Morgan fingerprint density at radius 2 is 1.83 bits per heavy atom. The Bertz CT molecular complexity index is 1180. The number of benzene rings is 2. The van der Waals surface area contributed by atoms with Crippen molar-refractivity contribution in [3.63, 3.8) is 0 Å². The van der Waals surface area contributed by atoms with Gasteiger partial charge in [-0.15, -0.1) is 0 Å². The fourth-order valence-corrected chi connectivity index (χ4v) is 4.68. The monoisotopic (exact) mass is 413 g/mol. The molecule has 4 rings (SSSR count). The van der Waals surface area contributed by atoms with Gasteiger partial charge in [0.05, 0.1) is 16.0 Å². The molecule has 1 amide bonds. The third-order valence-corrected chi connectivity index (χ3v) is 6.60. The summed E-state index contributed by atoms with van der Waals surface area (Å²) in [6.07, 6.45) is 3.03. The van der Waals surface area contributed by atoms with Crippen molar-refractivity contribution in [3.05, 3.63) is 53.2 Å². The van der Waals surface area contributed by atoms with E-state index in [0.29, 0.717) is 29.7 Å². The first-order valence-electron chi connectivity index (χ1n) is 9.64. The van der Waals surface area contributed by atoms with Gasteiger partial charge in [0.2, 0.25) is 0 Å². The minimum absolute atomic E-state index is 0.0572. The maximum absolute atomic E-state index is 13.0. The smallest absolute Gasteiger partial charge is 0.276 e. The Balaban J connectivity index is 1.69. The van der Waals surface area contributed by atoms with E-state index < -0.39 is 10.0 Å². The summed E-state index contributed by atoms with van der Waals surface area (Å²) in [5, 5.41) is 4.33. The number of aromatic nitrogens is 1. The van der Waals surface area contributed by atoms with Crippen molar-refractivity contribution >= 4 is 32.6 Å². The summed E-state index contributed by atoms with van der Waals surface area (Å²) >= 11 is 0. The molecule has 152 valence electrons. The largest absolute Gasteiger partial charge is 0.355 e. The zero-order valence-electron chi connectivity index (χ0n) is 16.4. The maximum atomic E-state index is 13.0. The van der Waals surface area contributed by atoms with Crippen LogP contribution in [0.3, 0.4) is 0 Å². The Hall–Kier alpha value is -2.87. The molecule has 29 heavy (non-hydrogen) atoms. The van der Waals surface area contributed by atoms with Crippen LogP contribution in [0.15, 0.2) is 45.8 Å². The highest BCUT2D eigenvalue weighted by atomic mass is 32.2. The van der Waals surface area contributed by atoms with Gasteiger partial charge >= 0.3 is 0 Å². The van der Waals surface area contributed by atoms with Crippen molar-refractivity contribution < 1.29 is 17.7 Å². The van der Waals surface area contributed by atoms with Crippen LogP contribution in [-0.4, -0.2) is 37.5 Å². The first kappa shape index (κ1) is 19.4. The van der Waals surface area contributed by atoms with Crippen LogP contribution < -0.4 is 4.72 Å². The summed E-state index contributed by atoms with van der Waals surface area (Å²) in [6, 6.07) is 10.0. The number of sulfonamides is 1. The molecule has 3 aromatic rings. The zero-order chi connectivity index (χ0) is 20.6. The van der Waals surface area contributed by atoms with E-state index in [1.54, 1.807) is 11.0 Å². The molecule has 1 saturated heterocycles. The third-order valence-electron chi connectivity index (χ3n) is 5.23. The Morgan fingerprint density at radius 3 is 2.59 bits per heavy atom. The van der Waals surface area contributed by atoms with E-state index in [1.807, 2.05) is 26.0 Å². The molecule has 1 aliphatic heterocycles. The van der Waals surface area contributed by atoms with Gasteiger partial charge in [-0.3, -0.25) is 9.52 Å². The predicted octanol–water partition coefficient (Wildman–Crippen LogP) is 3.87. The molecule has 7 nitrogen and oxygen atoms in total. The first-order chi connectivity index (χ1) is 13.8. The van der Waals surface area contributed by atoms with E-state index in [0.717, 1.165) is 30.4 Å². The van der Waals surface area contributed by atoms with E-state index in [-0.39, 0.29) is 16.5 Å². The van der Waals surface area contributed by atoms with Crippen molar-refractivity contribution in [3.8, 4) is 0 Å². The van der Waals surface area contributed by atoms with Crippen LogP contribution in [0, 0.1) is 13.8 Å². The van der Waals surface area contributed by atoms with E-state index >= 15 is 0 Å². The molecule has 2 heterocycles. The highest BCUT2D eigenvalue weighted by molar-refractivity contribution is 7.92. The van der Waals surface area contributed by atoms with Crippen LogP contribution in [0.5, 0.6) is 0 Å².